The van der Waals surface area contributed by atoms with E-state index in [1.165, 1.54) is 11.1 Å². The molecule has 1 aromatic heterocycles. The lowest BCUT2D eigenvalue weighted by Crippen LogP contribution is -2.20. The first-order valence-electron chi connectivity index (χ1n) is 7.26. The fourth-order valence-electron chi connectivity index (χ4n) is 2.64. The molecule has 0 fully saturated rings. The SMILES string of the molecule is Cc1ccc(Nc2ncc3c(n2)C[C@@H](C)CC3=O)cc1C. The monoisotopic (exact) mass is 281 g/mol. The van der Waals surface area contributed by atoms with Crippen LogP contribution in [0.15, 0.2) is 24.4 Å². The molecule has 108 valence electrons. The van der Waals surface area contributed by atoms with E-state index in [2.05, 4.69) is 48.2 Å². The molecule has 0 spiro atoms. The van der Waals surface area contributed by atoms with E-state index in [4.69, 9.17) is 0 Å². The Hall–Kier alpha value is -2.23. The number of aromatic nitrogens is 2. The number of aryl methyl sites for hydroxylation is 2. The number of fused-ring (bicyclic) bond motifs is 1. The summed E-state index contributed by atoms with van der Waals surface area (Å²) >= 11 is 0. The lowest BCUT2D eigenvalue weighted by atomic mass is 9.88. The maximum absolute atomic E-state index is 11.9. The van der Waals surface area contributed by atoms with Crippen molar-refractivity contribution in [1.82, 2.24) is 9.97 Å². The van der Waals surface area contributed by atoms with E-state index in [9.17, 15) is 4.79 Å². The number of hydrogen-bond donors (Lipinski definition) is 1. The molecular weight excluding hydrogens is 262 g/mol. The van der Waals surface area contributed by atoms with E-state index in [0.717, 1.165) is 17.8 Å². The summed E-state index contributed by atoms with van der Waals surface area (Å²) in [6.45, 7) is 6.25. The quantitative estimate of drug-likeness (QED) is 0.913. The van der Waals surface area contributed by atoms with Crippen LogP contribution in [0.4, 0.5) is 11.6 Å². The van der Waals surface area contributed by atoms with Crippen molar-refractivity contribution in [2.24, 2.45) is 5.92 Å². The highest BCUT2D eigenvalue weighted by Gasteiger charge is 2.24. The van der Waals surface area contributed by atoms with Gasteiger partial charge >= 0.3 is 0 Å². The highest BCUT2D eigenvalue weighted by Crippen LogP contribution is 2.25. The normalized spacial score (nSPS) is 17.5. The van der Waals surface area contributed by atoms with Gasteiger partial charge in [0, 0.05) is 18.3 Å². The largest absolute Gasteiger partial charge is 0.324 e. The molecule has 3 rings (SSSR count). The molecule has 0 bridgehead atoms. The average Bonchev–Trinajstić information content (AvgIpc) is 2.42. The molecule has 1 aromatic carbocycles. The zero-order valence-corrected chi connectivity index (χ0v) is 12.6. The molecule has 4 nitrogen and oxygen atoms in total. The third-order valence-corrected chi connectivity index (χ3v) is 4.01. The number of benzene rings is 1. The van der Waals surface area contributed by atoms with Crippen LogP contribution in [0.1, 0.15) is 40.5 Å². The van der Waals surface area contributed by atoms with E-state index in [1.54, 1.807) is 6.20 Å². The number of anilines is 2. The third kappa shape index (κ3) is 2.79. The summed E-state index contributed by atoms with van der Waals surface area (Å²) in [5.41, 5.74) is 4.99. The Bertz CT molecular complexity index is 709. The summed E-state index contributed by atoms with van der Waals surface area (Å²) < 4.78 is 0. The minimum absolute atomic E-state index is 0.154. The van der Waals surface area contributed by atoms with E-state index >= 15 is 0 Å². The van der Waals surface area contributed by atoms with Gasteiger partial charge in [-0.3, -0.25) is 4.79 Å². The molecule has 1 N–H and O–H groups in total. The van der Waals surface area contributed by atoms with Gasteiger partial charge in [-0.2, -0.15) is 0 Å². The summed E-state index contributed by atoms with van der Waals surface area (Å²) in [5, 5.41) is 3.22. The molecule has 0 saturated carbocycles. The van der Waals surface area contributed by atoms with Crippen molar-refractivity contribution in [3.63, 3.8) is 0 Å². The van der Waals surface area contributed by atoms with Crippen LogP contribution >= 0.6 is 0 Å². The summed E-state index contributed by atoms with van der Waals surface area (Å²) in [6.07, 6.45) is 3.09. The van der Waals surface area contributed by atoms with Gasteiger partial charge in [0.1, 0.15) is 0 Å². The molecule has 1 aliphatic rings. The molecule has 0 unspecified atom stereocenters. The Balaban J connectivity index is 1.88. The van der Waals surface area contributed by atoms with E-state index in [-0.39, 0.29) is 5.78 Å². The van der Waals surface area contributed by atoms with Crippen LogP contribution < -0.4 is 5.32 Å². The molecule has 0 aliphatic heterocycles. The Morgan fingerprint density at radius 2 is 2.00 bits per heavy atom. The minimum Gasteiger partial charge on any atom is -0.324 e. The van der Waals surface area contributed by atoms with Crippen LogP contribution in [-0.4, -0.2) is 15.8 Å². The van der Waals surface area contributed by atoms with Crippen molar-refractivity contribution in [1.29, 1.82) is 0 Å². The highest BCUT2D eigenvalue weighted by atomic mass is 16.1. The lowest BCUT2D eigenvalue weighted by Gasteiger charge is -2.19. The maximum Gasteiger partial charge on any atom is 0.227 e. The molecular formula is C17H19N3O. The van der Waals surface area contributed by atoms with Crippen molar-refractivity contribution in [2.45, 2.75) is 33.6 Å². The number of nitrogens with zero attached hydrogens (tertiary/aromatic N) is 2. The summed E-state index contributed by atoms with van der Waals surface area (Å²) in [7, 11) is 0. The van der Waals surface area contributed by atoms with Gasteiger partial charge in [0.15, 0.2) is 5.78 Å². The Labute approximate surface area is 124 Å². The van der Waals surface area contributed by atoms with E-state index in [0.29, 0.717) is 23.9 Å². The molecule has 1 aliphatic carbocycles. The Morgan fingerprint density at radius 3 is 2.76 bits per heavy atom. The molecule has 0 radical (unpaired) electrons. The number of carbonyl (C=O) groups excluding carboxylic acids is 1. The van der Waals surface area contributed by atoms with Crippen molar-refractivity contribution < 1.29 is 4.79 Å². The van der Waals surface area contributed by atoms with Crippen molar-refractivity contribution in [2.75, 3.05) is 5.32 Å². The molecule has 1 atom stereocenters. The smallest absolute Gasteiger partial charge is 0.227 e. The topological polar surface area (TPSA) is 54.9 Å². The minimum atomic E-state index is 0.154. The lowest BCUT2D eigenvalue weighted by molar-refractivity contribution is 0.0951. The standard InChI is InChI=1S/C17H19N3O/c1-10-6-15-14(16(21)7-10)9-18-17(20-15)19-13-5-4-11(2)12(3)8-13/h4-5,8-10H,6-7H2,1-3H3,(H,18,19,20)/t10-/m1/s1. The van der Waals surface area contributed by atoms with Crippen LogP contribution in [0.2, 0.25) is 0 Å². The Kier molecular flexibility index (Phi) is 3.45. The first-order valence-corrected chi connectivity index (χ1v) is 7.26. The first kappa shape index (κ1) is 13.7. The maximum atomic E-state index is 11.9. The van der Waals surface area contributed by atoms with Crippen LogP contribution in [0, 0.1) is 19.8 Å². The molecule has 4 heteroatoms. The second-order valence-electron chi connectivity index (χ2n) is 5.91. The van der Waals surface area contributed by atoms with Gasteiger partial charge < -0.3 is 5.32 Å². The third-order valence-electron chi connectivity index (χ3n) is 4.01. The van der Waals surface area contributed by atoms with Gasteiger partial charge in [-0.1, -0.05) is 13.0 Å². The molecule has 21 heavy (non-hydrogen) atoms. The Morgan fingerprint density at radius 1 is 1.19 bits per heavy atom. The van der Waals surface area contributed by atoms with Gasteiger partial charge in [0.2, 0.25) is 5.95 Å². The van der Waals surface area contributed by atoms with Gasteiger partial charge in [0.25, 0.3) is 0 Å². The fraction of sp³-hybridized carbons (Fsp3) is 0.353. The zero-order chi connectivity index (χ0) is 15.0. The molecule has 0 saturated heterocycles. The van der Waals surface area contributed by atoms with Gasteiger partial charge in [-0.15, -0.1) is 0 Å². The number of Topliss-reactive ketones (excluding diaryl/α,β-unsaturated/α-hetero) is 1. The van der Waals surface area contributed by atoms with Crippen LogP contribution in [0.5, 0.6) is 0 Å². The predicted octanol–water partition coefficient (Wildman–Crippen LogP) is 3.60. The van der Waals surface area contributed by atoms with Crippen LogP contribution in [0.3, 0.4) is 0 Å². The van der Waals surface area contributed by atoms with Crippen molar-refractivity contribution in [3.05, 3.63) is 46.8 Å². The first-order chi connectivity index (χ1) is 10.0. The van der Waals surface area contributed by atoms with Crippen molar-refractivity contribution in [3.8, 4) is 0 Å². The van der Waals surface area contributed by atoms with Crippen LogP contribution in [-0.2, 0) is 6.42 Å². The molecule has 0 amide bonds. The predicted molar refractivity (Wildman–Crippen MR) is 83.0 cm³/mol. The molecule has 1 heterocycles. The van der Waals surface area contributed by atoms with Gasteiger partial charge in [-0.05, 0) is 49.4 Å². The number of hydrogen-bond acceptors (Lipinski definition) is 4. The number of carbonyl (C=O) groups is 1. The number of ketones is 1. The number of nitrogens with one attached hydrogen (secondary N) is 1. The van der Waals surface area contributed by atoms with Gasteiger partial charge in [0.05, 0.1) is 11.3 Å². The van der Waals surface area contributed by atoms with Crippen LogP contribution in [0.25, 0.3) is 0 Å². The second kappa shape index (κ2) is 5.28. The summed E-state index contributed by atoms with van der Waals surface area (Å²) in [4.78, 5) is 20.7. The average molecular weight is 281 g/mol. The highest BCUT2D eigenvalue weighted by molar-refractivity contribution is 5.98. The van der Waals surface area contributed by atoms with Gasteiger partial charge in [-0.25, -0.2) is 9.97 Å². The zero-order valence-electron chi connectivity index (χ0n) is 12.6. The van der Waals surface area contributed by atoms with Crippen molar-refractivity contribution >= 4 is 17.4 Å². The summed E-state index contributed by atoms with van der Waals surface area (Å²) in [5.74, 6) is 1.06. The van der Waals surface area contributed by atoms with E-state index in [1.807, 2.05) is 6.07 Å². The summed E-state index contributed by atoms with van der Waals surface area (Å²) in [6, 6.07) is 6.16. The fourth-order valence-corrected chi connectivity index (χ4v) is 2.64. The second-order valence-corrected chi connectivity index (χ2v) is 5.91. The van der Waals surface area contributed by atoms with E-state index < -0.39 is 0 Å². The number of rotatable bonds is 2. The molecule has 2 aromatic rings.